The van der Waals surface area contributed by atoms with E-state index >= 15 is 0 Å². The van der Waals surface area contributed by atoms with Gasteiger partial charge in [0.1, 0.15) is 23.1 Å². The number of rotatable bonds is 4. The van der Waals surface area contributed by atoms with Gasteiger partial charge in [0.05, 0.1) is 0 Å². The molecule has 2 aromatic rings. The van der Waals surface area contributed by atoms with Crippen LogP contribution >= 0.6 is 0 Å². The molecule has 0 atom stereocenters. The quantitative estimate of drug-likeness (QED) is 0.766. The maximum atomic E-state index is 13.7. The molecule has 1 heterocycles. The smallest absolute Gasteiger partial charge is 0.351 e. The SMILES string of the molecule is Fc1cccc(F)c1Nc1cc(C(F)(F)F)nc(NC2CCCC2)n1. The highest BCUT2D eigenvalue weighted by Gasteiger charge is 2.34. The van der Waals surface area contributed by atoms with Crippen molar-refractivity contribution in [3.05, 3.63) is 41.6 Å². The van der Waals surface area contributed by atoms with Crippen molar-refractivity contribution < 1.29 is 22.0 Å². The van der Waals surface area contributed by atoms with Crippen LogP contribution in [0.15, 0.2) is 24.3 Å². The summed E-state index contributed by atoms with van der Waals surface area (Å²) in [5, 5.41) is 5.14. The van der Waals surface area contributed by atoms with Crippen molar-refractivity contribution in [2.45, 2.75) is 37.9 Å². The molecule has 1 aliphatic rings. The van der Waals surface area contributed by atoms with E-state index in [9.17, 15) is 22.0 Å². The van der Waals surface area contributed by atoms with Crippen LogP contribution in [0.4, 0.5) is 39.4 Å². The van der Waals surface area contributed by atoms with E-state index in [-0.39, 0.29) is 17.8 Å². The summed E-state index contributed by atoms with van der Waals surface area (Å²) in [6.07, 6.45) is -1.14. The van der Waals surface area contributed by atoms with E-state index in [1.165, 1.54) is 0 Å². The molecule has 0 bridgehead atoms. The molecule has 134 valence electrons. The number of hydrogen-bond donors (Lipinski definition) is 2. The summed E-state index contributed by atoms with van der Waals surface area (Å²) in [6, 6.07) is 3.75. The van der Waals surface area contributed by atoms with Gasteiger partial charge in [-0.2, -0.15) is 18.2 Å². The van der Waals surface area contributed by atoms with E-state index in [0.29, 0.717) is 6.07 Å². The molecule has 25 heavy (non-hydrogen) atoms. The van der Waals surface area contributed by atoms with Gasteiger partial charge in [0, 0.05) is 12.1 Å². The summed E-state index contributed by atoms with van der Waals surface area (Å²) in [4.78, 5) is 7.40. The monoisotopic (exact) mass is 358 g/mol. The molecule has 2 N–H and O–H groups in total. The molecule has 1 fully saturated rings. The van der Waals surface area contributed by atoms with Crippen LogP contribution in [0, 0.1) is 11.6 Å². The molecule has 0 spiro atoms. The van der Waals surface area contributed by atoms with Gasteiger partial charge >= 0.3 is 6.18 Å². The molecule has 0 saturated heterocycles. The predicted octanol–water partition coefficient (Wildman–Crippen LogP) is 4.87. The van der Waals surface area contributed by atoms with Gasteiger partial charge in [-0.3, -0.25) is 0 Å². The number of aromatic nitrogens is 2. The Morgan fingerprint density at radius 3 is 2.24 bits per heavy atom. The normalized spacial score (nSPS) is 15.4. The van der Waals surface area contributed by atoms with Crippen LogP contribution in [0.25, 0.3) is 0 Å². The fourth-order valence-electron chi connectivity index (χ4n) is 2.72. The molecule has 1 aliphatic carbocycles. The molecule has 0 radical (unpaired) electrons. The number of hydrogen-bond acceptors (Lipinski definition) is 4. The number of halogens is 5. The largest absolute Gasteiger partial charge is 0.433 e. The van der Waals surface area contributed by atoms with Crippen molar-refractivity contribution in [3.63, 3.8) is 0 Å². The number of anilines is 3. The summed E-state index contributed by atoms with van der Waals surface area (Å²) >= 11 is 0. The zero-order chi connectivity index (χ0) is 18.0. The van der Waals surface area contributed by atoms with Crippen molar-refractivity contribution in [2.75, 3.05) is 10.6 Å². The van der Waals surface area contributed by atoms with Crippen LogP contribution in [0.3, 0.4) is 0 Å². The summed E-state index contributed by atoms with van der Waals surface area (Å²) in [5.74, 6) is -2.43. The minimum Gasteiger partial charge on any atom is -0.351 e. The molecule has 0 amide bonds. The number of para-hydroxylation sites is 1. The number of nitrogens with zero attached hydrogens (tertiary/aromatic N) is 2. The molecule has 0 aliphatic heterocycles. The highest BCUT2D eigenvalue weighted by molar-refractivity contribution is 5.59. The van der Waals surface area contributed by atoms with Gasteiger partial charge in [0.2, 0.25) is 5.95 Å². The molecule has 1 saturated carbocycles. The highest BCUT2D eigenvalue weighted by Crippen LogP contribution is 2.32. The van der Waals surface area contributed by atoms with Crippen molar-refractivity contribution in [3.8, 4) is 0 Å². The second-order valence-corrected chi connectivity index (χ2v) is 5.81. The highest BCUT2D eigenvalue weighted by atomic mass is 19.4. The minimum atomic E-state index is -4.71. The Hall–Kier alpha value is -2.45. The van der Waals surface area contributed by atoms with Gasteiger partial charge in [-0.15, -0.1) is 0 Å². The topological polar surface area (TPSA) is 49.8 Å². The zero-order valence-electron chi connectivity index (χ0n) is 13.0. The Morgan fingerprint density at radius 2 is 1.64 bits per heavy atom. The summed E-state index contributed by atoms with van der Waals surface area (Å²) in [5.41, 5.74) is -1.76. The van der Waals surface area contributed by atoms with Crippen molar-refractivity contribution >= 4 is 17.5 Å². The molecular formula is C16H15F5N4. The Labute approximate surface area is 140 Å². The lowest BCUT2D eigenvalue weighted by Crippen LogP contribution is -2.19. The number of benzene rings is 1. The molecule has 9 heteroatoms. The van der Waals surface area contributed by atoms with Gasteiger partial charge in [0.15, 0.2) is 5.69 Å². The first kappa shape index (κ1) is 17.4. The van der Waals surface area contributed by atoms with Crippen LogP contribution in [0.1, 0.15) is 31.4 Å². The van der Waals surface area contributed by atoms with Gasteiger partial charge < -0.3 is 10.6 Å². The van der Waals surface area contributed by atoms with Gasteiger partial charge in [0.25, 0.3) is 0 Å². The van der Waals surface area contributed by atoms with E-state index in [2.05, 4.69) is 20.6 Å². The zero-order valence-corrected chi connectivity index (χ0v) is 13.0. The van der Waals surface area contributed by atoms with Crippen molar-refractivity contribution in [2.24, 2.45) is 0 Å². The third-order valence-corrected chi connectivity index (χ3v) is 3.92. The van der Waals surface area contributed by atoms with Crippen LogP contribution < -0.4 is 10.6 Å². The predicted molar refractivity (Wildman–Crippen MR) is 82.6 cm³/mol. The third kappa shape index (κ3) is 4.15. The Bertz CT molecular complexity index is 736. The average molecular weight is 358 g/mol. The van der Waals surface area contributed by atoms with Crippen molar-refractivity contribution in [1.29, 1.82) is 0 Å². The Balaban J connectivity index is 1.94. The maximum Gasteiger partial charge on any atom is 0.433 e. The fraction of sp³-hybridized carbons (Fsp3) is 0.375. The lowest BCUT2D eigenvalue weighted by atomic mass is 10.2. The van der Waals surface area contributed by atoms with E-state index in [1.54, 1.807) is 0 Å². The second-order valence-electron chi connectivity index (χ2n) is 5.81. The van der Waals surface area contributed by atoms with E-state index in [0.717, 1.165) is 43.9 Å². The van der Waals surface area contributed by atoms with E-state index in [4.69, 9.17) is 0 Å². The Morgan fingerprint density at radius 1 is 1.00 bits per heavy atom. The average Bonchev–Trinajstić information content (AvgIpc) is 3.03. The summed E-state index contributed by atoms with van der Waals surface area (Å²) in [7, 11) is 0. The lowest BCUT2D eigenvalue weighted by Gasteiger charge is -2.16. The van der Waals surface area contributed by atoms with E-state index < -0.39 is 29.2 Å². The first-order valence-corrected chi connectivity index (χ1v) is 7.77. The second kappa shape index (κ2) is 6.81. The first-order valence-electron chi connectivity index (χ1n) is 7.77. The van der Waals surface area contributed by atoms with Gasteiger partial charge in [-0.1, -0.05) is 18.9 Å². The third-order valence-electron chi connectivity index (χ3n) is 3.92. The molecule has 4 nitrogen and oxygen atoms in total. The van der Waals surface area contributed by atoms with Crippen LogP contribution in [-0.2, 0) is 6.18 Å². The summed E-state index contributed by atoms with van der Waals surface area (Å²) in [6.45, 7) is 0. The van der Waals surface area contributed by atoms with Crippen LogP contribution in [-0.4, -0.2) is 16.0 Å². The van der Waals surface area contributed by atoms with Crippen LogP contribution in [0.2, 0.25) is 0 Å². The van der Waals surface area contributed by atoms with Crippen LogP contribution in [0.5, 0.6) is 0 Å². The first-order chi connectivity index (χ1) is 11.8. The maximum absolute atomic E-state index is 13.7. The fourth-order valence-corrected chi connectivity index (χ4v) is 2.72. The molecular weight excluding hydrogens is 343 g/mol. The molecule has 3 rings (SSSR count). The molecule has 1 aromatic heterocycles. The lowest BCUT2D eigenvalue weighted by molar-refractivity contribution is -0.141. The Kier molecular flexibility index (Phi) is 4.73. The van der Waals surface area contributed by atoms with E-state index in [1.807, 2.05) is 0 Å². The summed E-state index contributed by atoms with van der Waals surface area (Å²) < 4.78 is 66.6. The number of alkyl halides is 3. The molecule has 0 unspecified atom stereocenters. The standard InChI is InChI=1S/C16H15F5N4/c17-10-6-3-7-11(18)14(10)24-13-8-12(16(19,20)21)23-15(25-13)22-9-4-1-2-5-9/h3,6-9H,1-2,4-5H2,(H2,22,23,24,25). The molecule has 1 aromatic carbocycles. The minimum absolute atomic E-state index is 0.0125. The van der Waals surface area contributed by atoms with Gasteiger partial charge in [-0.25, -0.2) is 13.8 Å². The number of nitrogens with one attached hydrogen (secondary N) is 2. The van der Waals surface area contributed by atoms with Gasteiger partial charge in [-0.05, 0) is 25.0 Å². The van der Waals surface area contributed by atoms with Crippen molar-refractivity contribution in [1.82, 2.24) is 9.97 Å².